The Balaban J connectivity index is 1.41. The van der Waals surface area contributed by atoms with E-state index in [0.717, 1.165) is 50.2 Å². The highest BCUT2D eigenvalue weighted by atomic mass is 19.4. The molecule has 1 atom stereocenters. The summed E-state index contributed by atoms with van der Waals surface area (Å²) < 4.78 is 44.9. The Labute approximate surface area is 243 Å². The predicted molar refractivity (Wildman–Crippen MR) is 158 cm³/mol. The largest absolute Gasteiger partial charge is 0.481 e. The van der Waals surface area contributed by atoms with Gasteiger partial charge in [-0.15, -0.1) is 0 Å². The highest BCUT2D eigenvalue weighted by Gasteiger charge is 2.34. The molecule has 42 heavy (non-hydrogen) atoms. The number of benzene rings is 4. The van der Waals surface area contributed by atoms with Crippen molar-refractivity contribution in [1.29, 1.82) is 0 Å². The Hall–Kier alpha value is -4.36. The number of hydrogen-bond donors (Lipinski definition) is 1. The van der Waals surface area contributed by atoms with Crippen molar-refractivity contribution >= 4 is 16.7 Å². The molecule has 0 saturated carbocycles. The van der Waals surface area contributed by atoms with Gasteiger partial charge in [-0.2, -0.15) is 13.2 Å². The SMILES string of the molecule is Cc1ccc2ccccc2c1CN(Cc1ccc(-c2cccc(C(C)CC(=O)O)c2)cc1)Cc1ccc(C(F)(F)F)o1. The molecule has 0 aliphatic rings. The highest BCUT2D eigenvalue weighted by molar-refractivity contribution is 5.86. The Kier molecular flexibility index (Phi) is 8.50. The van der Waals surface area contributed by atoms with Gasteiger partial charge in [0.1, 0.15) is 5.76 Å². The fourth-order valence-electron chi connectivity index (χ4n) is 5.35. The van der Waals surface area contributed by atoms with Crippen LogP contribution < -0.4 is 0 Å². The summed E-state index contributed by atoms with van der Waals surface area (Å²) in [4.78, 5) is 13.3. The van der Waals surface area contributed by atoms with Crippen LogP contribution in [-0.2, 0) is 30.6 Å². The molecule has 0 fully saturated rings. The number of fused-ring (bicyclic) bond motifs is 1. The number of rotatable bonds is 10. The van der Waals surface area contributed by atoms with E-state index in [0.29, 0.717) is 13.1 Å². The quantitative estimate of drug-likeness (QED) is 0.182. The second-order valence-corrected chi connectivity index (χ2v) is 10.8. The van der Waals surface area contributed by atoms with Gasteiger partial charge < -0.3 is 9.52 Å². The minimum Gasteiger partial charge on any atom is -0.481 e. The number of carbonyl (C=O) groups is 1. The topological polar surface area (TPSA) is 53.7 Å². The van der Waals surface area contributed by atoms with Gasteiger partial charge in [-0.05, 0) is 69.1 Å². The van der Waals surface area contributed by atoms with Crippen LogP contribution in [0.25, 0.3) is 21.9 Å². The average molecular weight is 572 g/mol. The van der Waals surface area contributed by atoms with E-state index in [4.69, 9.17) is 9.52 Å². The van der Waals surface area contributed by atoms with Crippen molar-refractivity contribution in [2.45, 2.75) is 52.0 Å². The van der Waals surface area contributed by atoms with Gasteiger partial charge >= 0.3 is 12.1 Å². The summed E-state index contributed by atoms with van der Waals surface area (Å²) in [5.74, 6) is -1.68. The second kappa shape index (κ2) is 12.2. The van der Waals surface area contributed by atoms with Crippen molar-refractivity contribution in [2.75, 3.05) is 0 Å². The van der Waals surface area contributed by atoms with Gasteiger partial charge in [0.25, 0.3) is 0 Å². The summed E-state index contributed by atoms with van der Waals surface area (Å²) in [5.41, 5.74) is 6.21. The molecule has 0 bridgehead atoms. The van der Waals surface area contributed by atoms with Crippen LogP contribution in [0.2, 0.25) is 0 Å². The van der Waals surface area contributed by atoms with Crippen molar-refractivity contribution in [2.24, 2.45) is 0 Å². The van der Waals surface area contributed by atoms with Gasteiger partial charge in [-0.3, -0.25) is 9.69 Å². The second-order valence-electron chi connectivity index (χ2n) is 10.8. The van der Waals surface area contributed by atoms with E-state index in [2.05, 4.69) is 36.1 Å². The minimum atomic E-state index is -4.53. The first-order chi connectivity index (χ1) is 20.1. The summed E-state index contributed by atoms with van der Waals surface area (Å²) in [6.07, 6.45) is -4.47. The van der Waals surface area contributed by atoms with E-state index in [1.165, 1.54) is 6.07 Å². The third-order valence-electron chi connectivity index (χ3n) is 7.61. The zero-order valence-electron chi connectivity index (χ0n) is 23.5. The van der Waals surface area contributed by atoms with Gasteiger partial charge in [0.05, 0.1) is 13.0 Å². The third kappa shape index (κ3) is 6.92. The van der Waals surface area contributed by atoms with Crippen LogP contribution >= 0.6 is 0 Å². The molecule has 7 heteroatoms. The van der Waals surface area contributed by atoms with Crippen LogP contribution in [-0.4, -0.2) is 16.0 Å². The maximum atomic E-state index is 13.2. The summed E-state index contributed by atoms with van der Waals surface area (Å²) >= 11 is 0. The van der Waals surface area contributed by atoms with Crippen LogP contribution in [0.1, 0.15) is 53.0 Å². The number of furan rings is 1. The van der Waals surface area contributed by atoms with E-state index in [1.54, 1.807) is 0 Å². The molecular formula is C35H32F3NO3. The first-order valence-electron chi connectivity index (χ1n) is 13.8. The third-order valence-corrected chi connectivity index (χ3v) is 7.61. The number of alkyl halides is 3. The van der Waals surface area contributed by atoms with E-state index in [1.807, 2.05) is 67.6 Å². The molecule has 4 nitrogen and oxygen atoms in total. The summed E-state index contributed by atoms with van der Waals surface area (Å²) in [6, 6.07) is 30.6. The number of aryl methyl sites for hydroxylation is 1. The van der Waals surface area contributed by atoms with Crippen molar-refractivity contribution in [1.82, 2.24) is 4.90 Å². The normalized spacial score (nSPS) is 12.6. The lowest BCUT2D eigenvalue weighted by Crippen LogP contribution is -2.23. The van der Waals surface area contributed by atoms with Gasteiger partial charge in [0, 0.05) is 13.1 Å². The summed E-state index contributed by atoms with van der Waals surface area (Å²) in [7, 11) is 0. The van der Waals surface area contributed by atoms with Crippen LogP contribution in [0.15, 0.2) is 101 Å². The fourth-order valence-corrected chi connectivity index (χ4v) is 5.35. The molecule has 5 aromatic rings. The molecule has 1 N–H and O–H groups in total. The monoisotopic (exact) mass is 571 g/mol. The molecule has 1 unspecified atom stereocenters. The summed E-state index contributed by atoms with van der Waals surface area (Å²) in [5, 5.41) is 11.4. The number of aliphatic carboxylic acids is 1. The number of carboxylic acid groups (broad SMARTS) is 1. The van der Waals surface area contributed by atoms with E-state index >= 15 is 0 Å². The average Bonchev–Trinajstić information content (AvgIpc) is 3.44. The van der Waals surface area contributed by atoms with Gasteiger partial charge in [0.2, 0.25) is 5.76 Å². The standard InChI is InChI=1S/C35H32F3NO3/c1-23-10-13-27-6-3-4-9-31(27)32(23)22-39(21-30-16-17-33(42-30)35(36,37)38)20-25-11-14-26(15-12-25)29-8-5-7-28(19-29)24(2)18-34(40)41/h3-17,19,24H,18,20-22H2,1-2H3,(H,40,41). The van der Waals surface area contributed by atoms with Crippen molar-refractivity contribution in [3.63, 3.8) is 0 Å². The van der Waals surface area contributed by atoms with E-state index in [-0.39, 0.29) is 24.6 Å². The summed E-state index contributed by atoms with van der Waals surface area (Å²) in [6.45, 7) is 5.19. The lowest BCUT2D eigenvalue weighted by molar-refractivity contribution is -0.153. The molecule has 0 saturated heterocycles. The molecule has 1 heterocycles. The molecule has 0 aliphatic carbocycles. The molecular weight excluding hydrogens is 539 g/mol. The number of halogens is 3. The number of carboxylic acids is 1. The Morgan fingerprint density at radius 1 is 0.857 bits per heavy atom. The predicted octanol–water partition coefficient (Wildman–Crippen LogP) is 9.21. The van der Waals surface area contributed by atoms with E-state index in [9.17, 15) is 18.0 Å². The Bertz CT molecular complexity index is 1690. The van der Waals surface area contributed by atoms with Gasteiger partial charge in [-0.25, -0.2) is 0 Å². The zero-order chi connectivity index (χ0) is 29.9. The smallest absolute Gasteiger partial charge is 0.449 e. The first-order valence-corrected chi connectivity index (χ1v) is 13.8. The van der Waals surface area contributed by atoms with Gasteiger partial charge in [-0.1, -0.05) is 91.9 Å². The molecule has 5 rings (SSSR count). The lowest BCUT2D eigenvalue weighted by Gasteiger charge is -2.24. The number of hydrogen-bond acceptors (Lipinski definition) is 3. The first kappa shape index (κ1) is 29.1. The van der Waals surface area contributed by atoms with E-state index < -0.39 is 17.9 Å². The lowest BCUT2D eigenvalue weighted by atomic mass is 9.94. The molecule has 0 aliphatic heterocycles. The van der Waals surface area contributed by atoms with Crippen LogP contribution in [0.5, 0.6) is 0 Å². The Morgan fingerprint density at radius 3 is 2.33 bits per heavy atom. The fraction of sp³-hybridized carbons (Fsp3) is 0.229. The molecule has 216 valence electrons. The molecule has 0 spiro atoms. The van der Waals surface area contributed by atoms with Crippen LogP contribution in [0.3, 0.4) is 0 Å². The van der Waals surface area contributed by atoms with Crippen molar-refractivity contribution in [3.8, 4) is 11.1 Å². The van der Waals surface area contributed by atoms with Crippen molar-refractivity contribution in [3.05, 3.63) is 131 Å². The molecule has 0 amide bonds. The molecule has 0 radical (unpaired) electrons. The zero-order valence-corrected chi connectivity index (χ0v) is 23.5. The minimum absolute atomic E-state index is 0.0640. The number of nitrogens with zero attached hydrogens (tertiary/aromatic N) is 1. The molecule has 1 aromatic heterocycles. The molecule has 4 aromatic carbocycles. The van der Waals surface area contributed by atoms with Crippen LogP contribution in [0, 0.1) is 6.92 Å². The van der Waals surface area contributed by atoms with Gasteiger partial charge in [0.15, 0.2) is 0 Å². The van der Waals surface area contributed by atoms with Crippen molar-refractivity contribution < 1.29 is 27.5 Å². The highest BCUT2D eigenvalue weighted by Crippen LogP contribution is 2.32. The Morgan fingerprint density at radius 2 is 1.62 bits per heavy atom. The maximum Gasteiger partial charge on any atom is 0.449 e. The van der Waals surface area contributed by atoms with Crippen LogP contribution in [0.4, 0.5) is 13.2 Å². The maximum absolute atomic E-state index is 13.2.